The predicted octanol–water partition coefficient (Wildman–Crippen LogP) is 6.50. The normalized spacial score (nSPS) is 23.4. The second-order valence-corrected chi connectivity index (χ2v) is 13.8. The number of carbonyl (C=O) groups excluding carboxylic acids is 1. The summed E-state index contributed by atoms with van der Waals surface area (Å²) >= 11 is 6.01. The molecular weight excluding hydrogens is 579 g/mol. The molecule has 44 heavy (non-hydrogen) atoms. The van der Waals surface area contributed by atoms with Gasteiger partial charge in [0, 0.05) is 42.9 Å². The van der Waals surface area contributed by atoms with E-state index in [9.17, 15) is 9.18 Å². The van der Waals surface area contributed by atoms with Crippen LogP contribution in [0.4, 0.5) is 21.6 Å². The van der Waals surface area contributed by atoms with Gasteiger partial charge >= 0.3 is 0 Å². The zero-order valence-electron chi connectivity index (χ0n) is 25.2. The van der Waals surface area contributed by atoms with E-state index in [1.807, 2.05) is 18.2 Å². The fraction of sp³-hybridized carbons (Fsp3) is 0.500. The summed E-state index contributed by atoms with van der Waals surface area (Å²) in [5, 5.41) is 6.99. The molecule has 2 unspecified atom stereocenters. The molecule has 3 aromatic rings. The van der Waals surface area contributed by atoms with Gasteiger partial charge in [-0.3, -0.25) is 9.69 Å². The molecule has 7 rings (SSSR count). The van der Waals surface area contributed by atoms with Crippen LogP contribution in [0.1, 0.15) is 38.5 Å². The first-order valence-corrected chi connectivity index (χ1v) is 16.2. The van der Waals surface area contributed by atoms with E-state index in [2.05, 4.69) is 37.4 Å². The number of nitrogens with one attached hydrogen (secondary N) is 2. The maximum absolute atomic E-state index is 13.8. The topological polar surface area (TPSA) is 82.6 Å². The van der Waals surface area contributed by atoms with Crippen molar-refractivity contribution >= 4 is 45.6 Å². The third kappa shape index (κ3) is 6.28. The maximum atomic E-state index is 13.8. The molecule has 2 atom stereocenters. The summed E-state index contributed by atoms with van der Waals surface area (Å²) in [5.74, 6) is 2.60. The number of hydrogen-bond acceptors (Lipinski definition) is 7. The molecule has 4 fully saturated rings. The van der Waals surface area contributed by atoms with Gasteiger partial charge in [0.25, 0.3) is 0 Å². The number of carbonyl (C=O) groups is 1. The maximum Gasteiger partial charge on any atom is 0.248 e. The van der Waals surface area contributed by atoms with Gasteiger partial charge in [-0.2, -0.15) is 0 Å². The molecule has 10 heteroatoms. The van der Waals surface area contributed by atoms with Crippen LogP contribution in [0.15, 0.2) is 48.8 Å². The van der Waals surface area contributed by atoms with Crippen LogP contribution in [0.5, 0.6) is 5.75 Å². The number of nitrogens with zero attached hydrogens (tertiary/aromatic N) is 4. The molecule has 1 spiro atoms. The quantitative estimate of drug-likeness (QED) is 0.265. The molecule has 2 aliphatic heterocycles. The molecule has 3 heterocycles. The lowest BCUT2D eigenvalue weighted by atomic mass is 9.58. The Bertz CT molecular complexity index is 1550. The van der Waals surface area contributed by atoms with E-state index in [4.69, 9.17) is 16.3 Å². The van der Waals surface area contributed by atoms with Crippen molar-refractivity contribution in [3.05, 3.63) is 59.7 Å². The lowest BCUT2D eigenvalue weighted by molar-refractivity contribution is -0.111. The lowest BCUT2D eigenvalue weighted by Gasteiger charge is -2.51. The molecular formula is C34H40ClFN6O2. The van der Waals surface area contributed by atoms with E-state index in [-0.39, 0.29) is 10.9 Å². The Balaban J connectivity index is 1.08. The highest BCUT2D eigenvalue weighted by Gasteiger charge is 2.45. The van der Waals surface area contributed by atoms with Crippen LogP contribution in [0.2, 0.25) is 5.02 Å². The monoisotopic (exact) mass is 618 g/mol. The van der Waals surface area contributed by atoms with Gasteiger partial charge in [-0.05, 0) is 106 Å². The number of hydrogen-bond donors (Lipinski definition) is 2. The number of fused-ring (bicyclic) bond motifs is 2. The summed E-state index contributed by atoms with van der Waals surface area (Å²) in [6.07, 6.45) is 12.6. The number of halogens is 2. The van der Waals surface area contributed by atoms with Gasteiger partial charge in [0.1, 0.15) is 23.7 Å². The summed E-state index contributed by atoms with van der Waals surface area (Å²) in [6, 6.07) is 8.13. The molecule has 0 bridgehead atoms. The van der Waals surface area contributed by atoms with E-state index < -0.39 is 5.82 Å². The van der Waals surface area contributed by atoms with Crippen LogP contribution < -0.4 is 15.4 Å². The molecule has 2 saturated carbocycles. The summed E-state index contributed by atoms with van der Waals surface area (Å²) in [4.78, 5) is 26.9. The number of anilines is 3. The smallest absolute Gasteiger partial charge is 0.248 e. The van der Waals surface area contributed by atoms with E-state index >= 15 is 0 Å². The minimum absolute atomic E-state index is 0.0170. The third-order valence-electron chi connectivity index (χ3n) is 10.3. The molecule has 2 aliphatic carbocycles. The van der Waals surface area contributed by atoms with Crippen molar-refractivity contribution in [2.75, 3.05) is 57.0 Å². The third-order valence-corrected chi connectivity index (χ3v) is 10.6. The number of piperidine rings is 1. The van der Waals surface area contributed by atoms with Gasteiger partial charge in [0.15, 0.2) is 0 Å². The second kappa shape index (κ2) is 12.3. The van der Waals surface area contributed by atoms with Gasteiger partial charge < -0.3 is 20.3 Å². The number of benzene rings is 2. The average molecular weight is 619 g/mol. The largest absolute Gasteiger partial charge is 0.491 e. The molecule has 0 radical (unpaired) electrons. The molecule has 232 valence electrons. The average Bonchev–Trinajstić information content (AvgIpc) is 3.26. The standard InChI is InChI=1S/C34H40ClFN6O2/c1-41-11-8-34(9-12-41)16-22(17-34)20-44-31-15-29-26(33(38-21-37-29)39-25-6-7-28(36)27(35)13-25)14-30(31)40-32(43)3-2-10-42-18-23-4-5-24(23)19-42/h2-3,6-7,13-15,21-24H,4-5,8-12,16-20H2,1H3,(H,40,43)(H,37,38,39). The van der Waals surface area contributed by atoms with E-state index in [0.29, 0.717) is 51.8 Å². The van der Waals surface area contributed by atoms with Gasteiger partial charge in [-0.25, -0.2) is 14.4 Å². The van der Waals surface area contributed by atoms with Crippen LogP contribution in [0.3, 0.4) is 0 Å². The van der Waals surface area contributed by atoms with Gasteiger partial charge in [0.05, 0.1) is 22.8 Å². The van der Waals surface area contributed by atoms with Crippen LogP contribution in [0.25, 0.3) is 10.9 Å². The lowest BCUT2D eigenvalue weighted by Crippen LogP contribution is -2.47. The van der Waals surface area contributed by atoms with E-state index in [0.717, 1.165) is 31.5 Å². The summed E-state index contributed by atoms with van der Waals surface area (Å²) in [5.41, 5.74) is 2.30. The minimum Gasteiger partial charge on any atom is -0.491 e. The van der Waals surface area contributed by atoms with Gasteiger partial charge in [0.2, 0.25) is 5.91 Å². The summed E-state index contributed by atoms with van der Waals surface area (Å²) in [6.45, 7) is 5.98. The van der Waals surface area contributed by atoms with Crippen molar-refractivity contribution in [2.45, 2.75) is 38.5 Å². The first kappa shape index (κ1) is 29.4. The van der Waals surface area contributed by atoms with Crippen LogP contribution in [0, 0.1) is 29.0 Å². The number of amides is 1. The Kier molecular flexibility index (Phi) is 8.20. The van der Waals surface area contributed by atoms with E-state index in [1.165, 1.54) is 70.1 Å². The Hall–Kier alpha value is -3.27. The fourth-order valence-electron chi connectivity index (χ4n) is 7.59. The first-order valence-electron chi connectivity index (χ1n) is 15.8. The molecule has 2 saturated heterocycles. The van der Waals surface area contributed by atoms with Crippen molar-refractivity contribution in [3.63, 3.8) is 0 Å². The van der Waals surface area contributed by atoms with E-state index in [1.54, 1.807) is 12.1 Å². The molecule has 4 aliphatic rings. The highest BCUT2D eigenvalue weighted by molar-refractivity contribution is 6.31. The van der Waals surface area contributed by atoms with Crippen LogP contribution in [-0.4, -0.2) is 72.1 Å². The Morgan fingerprint density at radius 1 is 1.14 bits per heavy atom. The van der Waals surface area contributed by atoms with Crippen molar-refractivity contribution in [1.82, 2.24) is 19.8 Å². The van der Waals surface area contributed by atoms with Gasteiger partial charge in [-0.15, -0.1) is 0 Å². The minimum atomic E-state index is -0.491. The van der Waals surface area contributed by atoms with Crippen molar-refractivity contribution in [3.8, 4) is 5.75 Å². The SMILES string of the molecule is CN1CCC2(CC1)CC(COc1cc3ncnc(Nc4ccc(F)c(Cl)c4)c3cc1NC(=O)C=CCN1CC3CCC3C1)C2. The van der Waals surface area contributed by atoms with Crippen molar-refractivity contribution < 1.29 is 13.9 Å². The van der Waals surface area contributed by atoms with Crippen LogP contribution >= 0.6 is 11.6 Å². The Morgan fingerprint density at radius 3 is 2.64 bits per heavy atom. The molecule has 2 N–H and O–H groups in total. The zero-order chi connectivity index (χ0) is 30.3. The molecule has 2 aromatic carbocycles. The second-order valence-electron chi connectivity index (χ2n) is 13.4. The number of likely N-dealkylation sites (tertiary alicyclic amines) is 2. The number of aromatic nitrogens is 2. The molecule has 1 amide bonds. The predicted molar refractivity (Wildman–Crippen MR) is 172 cm³/mol. The highest BCUT2D eigenvalue weighted by Crippen LogP contribution is 2.52. The summed E-state index contributed by atoms with van der Waals surface area (Å²) in [7, 11) is 2.20. The number of rotatable bonds is 9. The van der Waals surface area contributed by atoms with Crippen molar-refractivity contribution in [1.29, 1.82) is 0 Å². The first-order chi connectivity index (χ1) is 21.3. The Morgan fingerprint density at radius 2 is 1.91 bits per heavy atom. The highest BCUT2D eigenvalue weighted by atomic mass is 35.5. The molecule has 8 nitrogen and oxygen atoms in total. The Labute approximate surface area is 263 Å². The summed E-state index contributed by atoms with van der Waals surface area (Å²) < 4.78 is 20.2. The van der Waals surface area contributed by atoms with Crippen molar-refractivity contribution in [2.24, 2.45) is 23.2 Å². The zero-order valence-corrected chi connectivity index (χ0v) is 26.0. The fourth-order valence-corrected chi connectivity index (χ4v) is 7.77. The van der Waals surface area contributed by atoms with Gasteiger partial charge in [-0.1, -0.05) is 17.7 Å². The molecule has 1 aromatic heterocycles. The number of ether oxygens (including phenoxy) is 1. The van der Waals surface area contributed by atoms with Crippen LogP contribution in [-0.2, 0) is 4.79 Å².